The van der Waals surface area contributed by atoms with Crippen molar-refractivity contribution in [3.8, 4) is 11.1 Å². The van der Waals surface area contributed by atoms with E-state index < -0.39 is 0 Å². The van der Waals surface area contributed by atoms with Gasteiger partial charge in [-0.2, -0.15) is 0 Å². The minimum atomic E-state index is 0.0417. The molecule has 0 aliphatic carbocycles. The maximum Gasteiger partial charge on any atom is 0.171 e. The Morgan fingerprint density at radius 3 is 1.13 bits per heavy atom. The highest BCUT2D eigenvalue weighted by Gasteiger charge is 1.91. The quantitative estimate of drug-likeness (QED) is 0.539. The molecule has 2 aromatic rings. The van der Waals surface area contributed by atoms with Gasteiger partial charge in [-0.3, -0.25) is 0 Å². The highest BCUT2D eigenvalue weighted by Crippen LogP contribution is 2.17. The molecule has 0 saturated carbocycles. The summed E-state index contributed by atoms with van der Waals surface area (Å²) in [5, 5.41) is 0. The van der Waals surface area contributed by atoms with Gasteiger partial charge in [0.1, 0.15) is 0 Å². The molecule has 0 fully saturated rings. The molecule has 0 atom stereocenters. The molecular formula is C12H12Br2Si. The smallest absolute Gasteiger partial charge is 0.120 e. The third-order valence-electron chi connectivity index (χ3n) is 1.88. The lowest BCUT2D eigenvalue weighted by Gasteiger charge is -1.98. The van der Waals surface area contributed by atoms with Crippen LogP contribution in [0.4, 0.5) is 0 Å². The first-order chi connectivity index (χ1) is 7.38. The van der Waals surface area contributed by atoms with E-state index in [1.807, 2.05) is 12.1 Å². The second-order valence-corrected chi connectivity index (χ2v) is 10.9. The Morgan fingerprint density at radius 1 is 0.600 bits per heavy atom. The van der Waals surface area contributed by atoms with Gasteiger partial charge in [-0.05, 0) is 11.1 Å². The Morgan fingerprint density at radius 2 is 0.867 bits per heavy atom. The van der Waals surface area contributed by atoms with Crippen LogP contribution in [-0.2, 0) is 0 Å². The van der Waals surface area contributed by atoms with E-state index in [4.69, 9.17) is 0 Å². The minimum Gasteiger partial charge on any atom is -0.120 e. The molecule has 0 unspecified atom stereocenters. The zero-order valence-corrected chi connectivity index (χ0v) is 12.8. The molecule has 0 radical (unpaired) electrons. The molecule has 0 aliphatic heterocycles. The van der Waals surface area contributed by atoms with E-state index in [2.05, 4.69) is 79.1 Å². The van der Waals surface area contributed by atoms with Crippen molar-refractivity contribution in [1.29, 1.82) is 0 Å². The molecule has 0 nitrogen and oxygen atoms in total. The monoisotopic (exact) mass is 342 g/mol. The first-order valence-corrected chi connectivity index (χ1v) is 12.4. The molecule has 0 heterocycles. The number of halogens is 2. The predicted octanol–water partition coefficient (Wildman–Crippen LogP) is 4.13. The van der Waals surface area contributed by atoms with Crippen LogP contribution in [0.15, 0.2) is 60.7 Å². The topological polar surface area (TPSA) is 0 Å². The molecule has 2 aromatic carbocycles. The van der Waals surface area contributed by atoms with Crippen LogP contribution in [0, 0.1) is 0 Å². The summed E-state index contributed by atoms with van der Waals surface area (Å²) < 4.78 is 0. The van der Waals surface area contributed by atoms with Crippen molar-refractivity contribution in [3.05, 3.63) is 60.7 Å². The SMILES string of the molecule is Br[SiH2]Br.c1ccc(-c2ccccc2)cc1. The Labute approximate surface area is 109 Å². The molecule has 3 heteroatoms. The zero-order chi connectivity index (χ0) is 10.9. The largest absolute Gasteiger partial charge is 0.171 e. The van der Waals surface area contributed by atoms with E-state index in [9.17, 15) is 0 Å². The van der Waals surface area contributed by atoms with Crippen molar-refractivity contribution in [2.24, 2.45) is 0 Å². The lowest BCUT2D eigenvalue weighted by Crippen LogP contribution is -1.73. The van der Waals surface area contributed by atoms with Crippen LogP contribution in [0.25, 0.3) is 11.1 Å². The Kier molecular flexibility index (Phi) is 6.64. The van der Waals surface area contributed by atoms with E-state index in [0.717, 1.165) is 0 Å². The van der Waals surface area contributed by atoms with E-state index in [-0.39, 0.29) is 6.76 Å². The van der Waals surface area contributed by atoms with Gasteiger partial charge in [0, 0.05) is 0 Å². The summed E-state index contributed by atoms with van der Waals surface area (Å²) in [7, 11) is 0. The van der Waals surface area contributed by atoms with Crippen LogP contribution in [0.3, 0.4) is 0 Å². The molecule has 2 rings (SSSR count). The maximum absolute atomic E-state index is 3.20. The number of hydrogen-bond acceptors (Lipinski definition) is 0. The minimum absolute atomic E-state index is 0.0417. The van der Waals surface area contributed by atoms with Crippen molar-refractivity contribution in [1.82, 2.24) is 0 Å². The molecule has 0 amide bonds. The molecule has 15 heavy (non-hydrogen) atoms. The number of benzene rings is 2. The van der Waals surface area contributed by atoms with Crippen LogP contribution in [0.5, 0.6) is 0 Å². The van der Waals surface area contributed by atoms with Gasteiger partial charge in [0.15, 0.2) is 6.76 Å². The fraction of sp³-hybridized carbons (Fsp3) is 0. The number of rotatable bonds is 1. The molecule has 0 aliphatic rings. The van der Waals surface area contributed by atoms with Crippen molar-refractivity contribution in [2.45, 2.75) is 0 Å². The standard InChI is InChI=1S/C12H10.Br2H2Si/c1-3-7-11(8-4-1)12-9-5-2-6-10-12;1-3-2/h1-10H;3H2. The van der Waals surface area contributed by atoms with Crippen LogP contribution in [0.2, 0.25) is 0 Å². The fourth-order valence-electron chi connectivity index (χ4n) is 1.26. The van der Waals surface area contributed by atoms with Gasteiger partial charge in [-0.15, -0.1) is 30.6 Å². The third kappa shape index (κ3) is 4.78. The summed E-state index contributed by atoms with van der Waals surface area (Å²) in [5.41, 5.74) is 2.55. The highest BCUT2D eigenvalue weighted by molar-refractivity contribution is 9.47. The Hall–Kier alpha value is -0.383. The van der Waals surface area contributed by atoms with Gasteiger partial charge in [0.05, 0.1) is 0 Å². The van der Waals surface area contributed by atoms with Crippen LogP contribution < -0.4 is 0 Å². The fourth-order valence-corrected chi connectivity index (χ4v) is 1.26. The third-order valence-corrected chi connectivity index (χ3v) is 1.88. The summed E-state index contributed by atoms with van der Waals surface area (Å²) in [4.78, 5) is 0. The average Bonchev–Trinajstić information content (AvgIpc) is 2.32. The van der Waals surface area contributed by atoms with Gasteiger partial charge in [-0.25, -0.2) is 0 Å². The molecular weight excluding hydrogens is 332 g/mol. The molecule has 0 spiro atoms. The molecule has 78 valence electrons. The second kappa shape index (κ2) is 7.85. The van der Waals surface area contributed by atoms with Crippen LogP contribution in [-0.4, -0.2) is 6.76 Å². The van der Waals surface area contributed by atoms with E-state index >= 15 is 0 Å². The van der Waals surface area contributed by atoms with Crippen molar-refractivity contribution in [2.75, 3.05) is 0 Å². The van der Waals surface area contributed by atoms with Gasteiger partial charge in [0.25, 0.3) is 0 Å². The van der Waals surface area contributed by atoms with Gasteiger partial charge in [-0.1, -0.05) is 60.7 Å². The molecule has 0 aromatic heterocycles. The summed E-state index contributed by atoms with van der Waals surface area (Å²) in [5.74, 6) is 0. The zero-order valence-electron chi connectivity index (χ0n) is 8.24. The normalized spacial score (nSPS) is 8.93. The van der Waals surface area contributed by atoms with Crippen molar-refractivity contribution < 1.29 is 0 Å². The summed E-state index contributed by atoms with van der Waals surface area (Å²) in [6.07, 6.45) is 0. The van der Waals surface area contributed by atoms with Gasteiger partial charge >= 0.3 is 0 Å². The molecule has 0 saturated heterocycles. The summed E-state index contributed by atoms with van der Waals surface area (Å²) in [6, 6.07) is 20.8. The van der Waals surface area contributed by atoms with Gasteiger partial charge < -0.3 is 0 Å². The molecule has 0 bridgehead atoms. The Balaban J connectivity index is 0.000000337. The second-order valence-electron chi connectivity index (χ2n) is 2.83. The van der Waals surface area contributed by atoms with Gasteiger partial charge in [0.2, 0.25) is 0 Å². The average molecular weight is 344 g/mol. The maximum atomic E-state index is 3.20. The lowest BCUT2D eigenvalue weighted by molar-refractivity contribution is 1.62. The predicted molar refractivity (Wildman–Crippen MR) is 78.3 cm³/mol. The van der Waals surface area contributed by atoms with Crippen molar-refractivity contribution in [3.63, 3.8) is 0 Å². The lowest BCUT2D eigenvalue weighted by atomic mass is 10.1. The Bertz CT molecular complexity index is 324. The van der Waals surface area contributed by atoms with E-state index in [0.29, 0.717) is 0 Å². The van der Waals surface area contributed by atoms with Crippen LogP contribution in [0.1, 0.15) is 0 Å². The summed E-state index contributed by atoms with van der Waals surface area (Å²) in [6.45, 7) is 0.0417. The highest BCUT2D eigenvalue weighted by atomic mass is 79.9. The molecule has 0 N–H and O–H groups in total. The first-order valence-electron chi connectivity index (χ1n) is 4.61. The van der Waals surface area contributed by atoms with Crippen LogP contribution >= 0.6 is 30.6 Å². The van der Waals surface area contributed by atoms with E-state index in [1.54, 1.807) is 0 Å². The van der Waals surface area contributed by atoms with E-state index in [1.165, 1.54) is 11.1 Å². The number of hydrogen-bond donors (Lipinski definition) is 0. The first kappa shape index (κ1) is 12.7. The summed E-state index contributed by atoms with van der Waals surface area (Å²) >= 11 is 6.40. The van der Waals surface area contributed by atoms with Crippen molar-refractivity contribution >= 4 is 37.3 Å².